The molecule has 3 aromatic carbocycles. The Hall–Kier alpha value is -3.93. The molecule has 0 saturated heterocycles. The van der Waals surface area contributed by atoms with Crippen LogP contribution in [0, 0.1) is 0 Å². The fourth-order valence-corrected chi connectivity index (χ4v) is 3.92. The van der Waals surface area contributed by atoms with Crippen molar-refractivity contribution >= 4 is 34.8 Å². The first-order valence-corrected chi connectivity index (χ1v) is 10.7. The van der Waals surface area contributed by atoms with Crippen LogP contribution in [0.2, 0.25) is 0 Å². The molecular weight excluding hydrogens is 402 g/mol. The lowest BCUT2D eigenvalue weighted by atomic mass is 9.93. The molecule has 0 radical (unpaired) electrons. The third kappa shape index (κ3) is 4.54. The molecule has 1 aliphatic rings. The Morgan fingerprint density at radius 3 is 2.38 bits per heavy atom. The van der Waals surface area contributed by atoms with Crippen molar-refractivity contribution in [2.45, 2.75) is 25.7 Å². The number of hydrogen-bond donors (Lipinski definition) is 2. The lowest BCUT2D eigenvalue weighted by Gasteiger charge is -2.29. The second kappa shape index (κ2) is 9.47. The molecule has 0 aromatic heterocycles. The molecule has 0 aliphatic carbocycles. The molecule has 1 atom stereocenters. The third-order valence-electron chi connectivity index (χ3n) is 5.51. The first-order valence-electron chi connectivity index (χ1n) is 10.7. The summed E-state index contributed by atoms with van der Waals surface area (Å²) in [4.78, 5) is 39.5. The summed E-state index contributed by atoms with van der Waals surface area (Å²) in [5.74, 6) is -0.799. The summed E-state index contributed by atoms with van der Waals surface area (Å²) < 4.78 is 0. The second-order valence-corrected chi connectivity index (χ2v) is 7.78. The van der Waals surface area contributed by atoms with Crippen LogP contribution in [0.15, 0.2) is 78.9 Å². The van der Waals surface area contributed by atoms with E-state index in [1.807, 2.05) is 42.5 Å². The van der Waals surface area contributed by atoms with E-state index in [1.54, 1.807) is 36.4 Å². The number of rotatable bonds is 6. The highest BCUT2D eigenvalue weighted by atomic mass is 16.2. The quantitative estimate of drug-likeness (QED) is 0.593. The number of para-hydroxylation sites is 2. The first-order chi connectivity index (χ1) is 15.6. The summed E-state index contributed by atoms with van der Waals surface area (Å²) in [5.41, 5.74) is 3.34. The first kappa shape index (κ1) is 21.3. The Balaban J connectivity index is 1.49. The van der Waals surface area contributed by atoms with E-state index in [1.165, 1.54) is 4.90 Å². The smallest absolute Gasteiger partial charge is 0.258 e. The average molecular weight is 428 g/mol. The molecule has 0 bridgehead atoms. The van der Waals surface area contributed by atoms with Crippen LogP contribution in [0.4, 0.5) is 17.1 Å². The summed E-state index contributed by atoms with van der Waals surface area (Å²) in [5, 5.41) is 5.75. The molecule has 4 rings (SSSR count). The van der Waals surface area contributed by atoms with Crippen molar-refractivity contribution in [2.75, 3.05) is 22.1 Å². The van der Waals surface area contributed by atoms with Crippen LogP contribution in [0.25, 0.3) is 0 Å². The third-order valence-corrected chi connectivity index (χ3v) is 5.51. The van der Waals surface area contributed by atoms with Crippen LogP contribution in [0.1, 0.15) is 41.6 Å². The Bertz CT molecular complexity index is 1130. The van der Waals surface area contributed by atoms with Gasteiger partial charge in [-0.05, 0) is 48.4 Å². The van der Waals surface area contributed by atoms with Gasteiger partial charge in [-0.2, -0.15) is 0 Å². The van der Waals surface area contributed by atoms with Crippen LogP contribution in [-0.2, 0) is 9.59 Å². The molecule has 0 spiro atoms. The molecule has 3 aromatic rings. The van der Waals surface area contributed by atoms with Crippen molar-refractivity contribution in [3.63, 3.8) is 0 Å². The number of hydrogen-bond acceptors (Lipinski definition) is 3. The maximum atomic E-state index is 13.1. The van der Waals surface area contributed by atoms with E-state index < -0.39 is 0 Å². The molecule has 1 aliphatic heterocycles. The largest absolute Gasteiger partial charge is 0.326 e. The maximum absolute atomic E-state index is 13.1. The predicted molar refractivity (Wildman–Crippen MR) is 126 cm³/mol. The fourth-order valence-electron chi connectivity index (χ4n) is 3.92. The number of fused-ring (bicyclic) bond motifs is 1. The molecule has 32 heavy (non-hydrogen) atoms. The van der Waals surface area contributed by atoms with Crippen molar-refractivity contribution in [1.82, 2.24) is 0 Å². The van der Waals surface area contributed by atoms with E-state index in [0.29, 0.717) is 22.6 Å². The molecule has 6 heteroatoms. The maximum Gasteiger partial charge on any atom is 0.258 e. The van der Waals surface area contributed by atoms with Crippen LogP contribution < -0.4 is 15.5 Å². The number of carbonyl (C=O) groups excluding carboxylic acids is 3. The second-order valence-electron chi connectivity index (χ2n) is 7.78. The number of carbonyl (C=O) groups is 3. The summed E-state index contributed by atoms with van der Waals surface area (Å²) in [6, 6.07) is 23.7. The molecule has 0 saturated carbocycles. The molecule has 0 fully saturated rings. The molecule has 1 unspecified atom stereocenters. The van der Waals surface area contributed by atoms with Gasteiger partial charge in [0.15, 0.2) is 0 Å². The lowest BCUT2D eigenvalue weighted by Crippen LogP contribution is -2.42. The van der Waals surface area contributed by atoms with E-state index >= 15 is 0 Å². The van der Waals surface area contributed by atoms with Gasteiger partial charge in [-0.15, -0.1) is 0 Å². The van der Waals surface area contributed by atoms with Gasteiger partial charge in [0.25, 0.3) is 5.91 Å². The van der Waals surface area contributed by atoms with Gasteiger partial charge in [-0.25, -0.2) is 0 Å². The number of benzene rings is 3. The van der Waals surface area contributed by atoms with E-state index in [0.717, 1.165) is 18.4 Å². The highest BCUT2D eigenvalue weighted by Gasteiger charge is 2.27. The molecular formula is C26H25N3O3. The fraction of sp³-hybridized carbons (Fsp3) is 0.192. The zero-order valence-electron chi connectivity index (χ0n) is 17.9. The SMILES string of the molecule is CCCC(C(=O)Nc1ccc(C(=O)N2CC(=O)Nc3ccccc32)cc1)c1ccccc1. The molecule has 162 valence electrons. The number of anilines is 3. The molecule has 3 amide bonds. The highest BCUT2D eigenvalue weighted by Crippen LogP contribution is 2.30. The van der Waals surface area contributed by atoms with Gasteiger partial charge in [0.1, 0.15) is 6.54 Å². The van der Waals surface area contributed by atoms with Crippen molar-refractivity contribution in [3.05, 3.63) is 90.0 Å². The Morgan fingerprint density at radius 1 is 0.969 bits per heavy atom. The van der Waals surface area contributed by atoms with Gasteiger partial charge in [0.2, 0.25) is 11.8 Å². The summed E-state index contributed by atoms with van der Waals surface area (Å²) in [6.45, 7) is 2.02. The van der Waals surface area contributed by atoms with Crippen LogP contribution in [0.5, 0.6) is 0 Å². The highest BCUT2D eigenvalue weighted by molar-refractivity contribution is 6.15. The monoisotopic (exact) mass is 427 g/mol. The average Bonchev–Trinajstić information content (AvgIpc) is 2.82. The van der Waals surface area contributed by atoms with Crippen LogP contribution >= 0.6 is 0 Å². The van der Waals surface area contributed by atoms with Crippen molar-refractivity contribution in [3.8, 4) is 0 Å². The minimum Gasteiger partial charge on any atom is -0.326 e. The number of nitrogens with zero attached hydrogens (tertiary/aromatic N) is 1. The molecule has 6 nitrogen and oxygen atoms in total. The van der Waals surface area contributed by atoms with Crippen LogP contribution in [-0.4, -0.2) is 24.3 Å². The van der Waals surface area contributed by atoms with Gasteiger partial charge < -0.3 is 10.6 Å². The minimum atomic E-state index is -0.265. The van der Waals surface area contributed by atoms with Crippen molar-refractivity contribution in [2.24, 2.45) is 0 Å². The topological polar surface area (TPSA) is 78.5 Å². The lowest BCUT2D eigenvalue weighted by molar-refractivity contribution is -0.118. The molecule has 2 N–H and O–H groups in total. The summed E-state index contributed by atoms with van der Waals surface area (Å²) in [7, 11) is 0. The summed E-state index contributed by atoms with van der Waals surface area (Å²) >= 11 is 0. The summed E-state index contributed by atoms with van der Waals surface area (Å²) in [6.07, 6.45) is 1.65. The van der Waals surface area contributed by atoms with Crippen molar-refractivity contribution < 1.29 is 14.4 Å². The van der Waals surface area contributed by atoms with E-state index in [9.17, 15) is 14.4 Å². The Labute approximate surface area is 187 Å². The minimum absolute atomic E-state index is 0.0376. The van der Waals surface area contributed by atoms with Gasteiger partial charge in [-0.1, -0.05) is 55.8 Å². The van der Waals surface area contributed by atoms with Gasteiger partial charge >= 0.3 is 0 Å². The predicted octanol–water partition coefficient (Wildman–Crippen LogP) is 4.81. The van der Waals surface area contributed by atoms with Gasteiger partial charge in [0, 0.05) is 11.3 Å². The Kier molecular flexibility index (Phi) is 6.31. The van der Waals surface area contributed by atoms with E-state index in [4.69, 9.17) is 0 Å². The standard InChI is InChI=1S/C26H25N3O3/c1-2-8-21(18-9-4-3-5-10-18)25(31)27-20-15-13-19(14-16-20)26(32)29-17-24(30)28-22-11-6-7-12-23(22)29/h3-7,9-16,21H,2,8,17H2,1H3,(H,27,31)(H,28,30). The number of amides is 3. The van der Waals surface area contributed by atoms with Gasteiger partial charge in [-0.3, -0.25) is 19.3 Å². The number of nitrogens with one attached hydrogen (secondary N) is 2. The molecule has 1 heterocycles. The van der Waals surface area contributed by atoms with E-state index in [-0.39, 0.29) is 30.2 Å². The van der Waals surface area contributed by atoms with Crippen molar-refractivity contribution in [1.29, 1.82) is 0 Å². The zero-order valence-corrected chi connectivity index (χ0v) is 17.9. The van der Waals surface area contributed by atoms with E-state index in [2.05, 4.69) is 17.6 Å². The van der Waals surface area contributed by atoms with Gasteiger partial charge in [0.05, 0.1) is 17.3 Å². The zero-order chi connectivity index (χ0) is 22.5. The van der Waals surface area contributed by atoms with Crippen LogP contribution in [0.3, 0.4) is 0 Å². The Morgan fingerprint density at radius 2 is 1.66 bits per heavy atom. The normalized spacial score (nSPS) is 13.7.